The normalized spacial score (nSPS) is 18.0. The number of hydrogen-bond acceptors (Lipinski definition) is 6. The van der Waals surface area contributed by atoms with Crippen molar-refractivity contribution in [1.29, 1.82) is 0 Å². The molecular weight excluding hydrogens is 490 g/mol. The summed E-state index contributed by atoms with van der Waals surface area (Å²) >= 11 is 0. The summed E-state index contributed by atoms with van der Waals surface area (Å²) in [5.41, 5.74) is 3.23. The molecule has 0 bridgehead atoms. The van der Waals surface area contributed by atoms with Crippen molar-refractivity contribution in [3.05, 3.63) is 87.1 Å². The first-order valence-corrected chi connectivity index (χ1v) is 11.5. The lowest BCUT2D eigenvalue weighted by molar-refractivity contribution is 0.202. The Hall–Kier alpha value is -4.21. The van der Waals surface area contributed by atoms with E-state index in [-0.39, 0.29) is 35.1 Å². The van der Waals surface area contributed by atoms with E-state index >= 15 is 0 Å². The monoisotopic (exact) mass is 509 g/mol. The van der Waals surface area contributed by atoms with Crippen LogP contribution < -0.4 is 4.74 Å². The average Bonchev–Trinajstić information content (AvgIpc) is 3.42. The molecule has 1 aliphatic heterocycles. The molecule has 188 valence electrons. The quantitative estimate of drug-likeness (QED) is 0.207. The third-order valence-corrected chi connectivity index (χ3v) is 6.82. The number of aryl methyl sites for hydroxylation is 2. The molecule has 2 heterocycles. The summed E-state index contributed by atoms with van der Waals surface area (Å²) in [6.45, 7) is 5.53. The lowest BCUT2D eigenvalue weighted by Gasteiger charge is -2.16. The minimum atomic E-state index is -1.87. The molecule has 4 aromatic rings. The van der Waals surface area contributed by atoms with Crippen LogP contribution in [0.3, 0.4) is 0 Å². The maximum atomic E-state index is 14.6. The first kappa shape index (κ1) is 23.2. The van der Waals surface area contributed by atoms with Crippen LogP contribution in [-0.2, 0) is 11.2 Å². The highest BCUT2D eigenvalue weighted by atomic mass is 19.2. The molecular formula is C27H19F4N3O3. The molecule has 10 heteroatoms. The van der Waals surface area contributed by atoms with Gasteiger partial charge < -0.3 is 14.6 Å². The molecule has 2 atom stereocenters. The predicted molar refractivity (Wildman–Crippen MR) is 126 cm³/mol. The number of phenols is 1. The smallest absolute Gasteiger partial charge is 0.238 e. The van der Waals surface area contributed by atoms with Crippen LogP contribution in [0.5, 0.6) is 17.4 Å². The second-order valence-corrected chi connectivity index (χ2v) is 9.27. The first-order chi connectivity index (χ1) is 17.6. The van der Waals surface area contributed by atoms with Gasteiger partial charge in [-0.1, -0.05) is 0 Å². The standard InChI is InChI=1S/C27H19F4N3O3/c1-10-4-16-25(18(35)5-10)34-19(9-32-16)36-13-6-11(2)12(3)14(7-13)27-33-17-8-15-20(26(17)37-27)22(29)24(31)23(30)21(15)28/h4-7,9,17,26,35H,8H2,1-3H3/t17-,26-/m0/s1. The van der Waals surface area contributed by atoms with E-state index in [1.165, 1.54) is 6.20 Å². The van der Waals surface area contributed by atoms with Crippen LogP contribution in [0.25, 0.3) is 11.0 Å². The maximum absolute atomic E-state index is 14.6. The lowest BCUT2D eigenvalue weighted by atomic mass is 10.0. The van der Waals surface area contributed by atoms with E-state index in [1.807, 2.05) is 20.8 Å². The van der Waals surface area contributed by atoms with Gasteiger partial charge in [0, 0.05) is 23.1 Å². The van der Waals surface area contributed by atoms with Gasteiger partial charge in [0.1, 0.15) is 17.0 Å². The van der Waals surface area contributed by atoms with Gasteiger partial charge >= 0.3 is 0 Å². The van der Waals surface area contributed by atoms with E-state index in [1.54, 1.807) is 24.3 Å². The number of rotatable bonds is 3. The molecule has 0 fully saturated rings. The van der Waals surface area contributed by atoms with Gasteiger partial charge in [-0.15, -0.1) is 0 Å². The number of aromatic hydroxyl groups is 1. The van der Waals surface area contributed by atoms with Crippen molar-refractivity contribution in [2.45, 2.75) is 39.3 Å². The van der Waals surface area contributed by atoms with Crippen molar-refractivity contribution < 1.29 is 32.1 Å². The van der Waals surface area contributed by atoms with Gasteiger partial charge in [0.15, 0.2) is 29.4 Å². The number of aliphatic imine (C=N–C) groups is 1. The number of aromatic nitrogens is 2. The van der Waals surface area contributed by atoms with Crippen molar-refractivity contribution in [3.8, 4) is 17.4 Å². The van der Waals surface area contributed by atoms with Crippen molar-refractivity contribution >= 4 is 16.9 Å². The lowest BCUT2D eigenvalue weighted by Crippen LogP contribution is -2.12. The van der Waals surface area contributed by atoms with E-state index in [2.05, 4.69) is 15.0 Å². The van der Waals surface area contributed by atoms with Crippen LogP contribution in [0.4, 0.5) is 17.6 Å². The molecule has 1 N–H and O–H groups in total. The summed E-state index contributed by atoms with van der Waals surface area (Å²) in [6.07, 6.45) is 0.246. The maximum Gasteiger partial charge on any atom is 0.238 e. The summed E-state index contributed by atoms with van der Waals surface area (Å²) < 4.78 is 68.3. The van der Waals surface area contributed by atoms with Crippen molar-refractivity contribution in [1.82, 2.24) is 9.97 Å². The third-order valence-electron chi connectivity index (χ3n) is 6.82. The Morgan fingerprint density at radius 3 is 2.51 bits per heavy atom. The van der Waals surface area contributed by atoms with Gasteiger partial charge in [-0.25, -0.2) is 32.5 Å². The number of nitrogens with zero attached hydrogens (tertiary/aromatic N) is 3. The van der Waals surface area contributed by atoms with Crippen LogP contribution in [0.2, 0.25) is 0 Å². The number of hydrogen-bond donors (Lipinski definition) is 1. The molecule has 0 spiro atoms. The Bertz CT molecular complexity index is 1670. The van der Waals surface area contributed by atoms with E-state index < -0.39 is 35.4 Å². The predicted octanol–water partition coefficient (Wildman–Crippen LogP) is 6.05. The largest absolute Gasteiger partial charge is 0.506 e. The summed E-state index contributed by atoms with van der Waals surface area (Å²) in [4.78, 5) is 13.2. The molecule has 6 nitrogen and oxygen atoms in total. The Labute approximate surface area is 208 Å². The van der Waals surface area contributed by atoms with Gasteiger partial charge in [-0.2, -0.15) is 0 Å². The summed E-state index contributed by atoms with van der Waals surface area (Å²) in [5.74, 6) is -5.90. The molecule has 0 saturated carbocycles. The van der Waals surface area contributed by atoms with Gasteiger partial charge in [0.25, 0.3) is 0 Å². The van der Waals surface area contributed by atoms with Crippen molar-refractivity contribution in [2.24, 2.45) is 4.99 Å². The Kier molecular flexibility index (Phi) is 5.11. The summed E-state index contributed by atoms with van der Waals surface area (Å²) in [5, 5.41) is 10.2. The molecule has 0 saturated heterocycles. The van der Waals surface area contributed by atoms with E-state index in [9.17, 15) is 22.7 Å². The molecule has 0 unspecified atom stereocenters. The zero-order valence-electron chi connectivity index (χ0n) is 19.9. The molecule has 0 amide bonds. The zero-order valence-corrected chi connectivity index (χ0v) is 19.9. The van der Waals surface area contributed by atoms with Crippen LogP contribution in [0.15, 0.2) is 35.5 Å². The minimum Gasteiger partial charge on any atom is -0.506 e. The second kappa shape index (κ2) is 8.16. The SMILES string of the molecule is Cc1cc(O)c2nc(Oc3cc(C)c(C)c(C4=N[C@H]5Cc6c(F)c(F)c(F)c(F)c6[C@H]5O4)c3)cnc2c1. The molecule has 6 rings (SSSR count). The van der Waals surface area contributed by atoms with Crippen molar-refractivity contribution in [3.63, 3.8) is 0 Å². The van der Waals surface area contributed by atoms with Gasteiger partial charge in [0.05, 0.1) is 17.8 Å². The minimum absolute atomic E-state index is 0.0192. The van der Waals surface area contributed by atoms with E-state index in [4.69, 9.17) is 9.47 Å². The molecule has 0 radical (unpaired) electrons. The molecule has 1 aromatic heterocycles. The highest BCUT2D eigenvalue weighted by Crippen LogP contribution is 2.45. The average molecular weight is 509 g/mol. The molecule has 37 heavy (non-hydrogen) atoms. The molecule has 2 aliphatic rings. The summed E-state index contributed by atoms with van der Waals surface area (Å²) in [7, 11) is 0. The molecule has 1 aliphatic carbocycles. The number of benzene rings is 3. The third kappa shape index (κ3) is 3.58. The summed E-state index contributed by atoms with van der Waals surface area (Å²) in [6, 6.07) is 6.08. The van der Waals surface area contributed by atoms with Crippen LogP contribution >= 0.6 is 0 Å². The van der Waals surface area contributed by atoms with Crippen LogP contribution in [0.1, 0.15) is 39.5 Å². The van der Waals surface area contributed by atoms with Crippen LogP contribution in [0, 0.1) is 44.0 Å². The van der Waals surface area contributed by atoms with E-state index in [0.717, 1.165) is 16.7 Å². The van der Waals surface area contributed by atoms with Crippen LogP contribution in [-0.4, -0.2) is 27.0 Å². The van der Waals surface area contributed by atoms with E-state index in [0.29, 0.717) is 22.3 Å². The number of phenolic OH excluding ortho intramolecular Hbond substituents is 1. The topological polar surface area (TPSA) is 76.8 Å². The first-order valence-electron chi connectivity index (χ1n) is 11.5. The highest BCUT2D eigenvalue weighted by molar-refractivity contribution is 5.98. The number of halogens is 4. The van der Waals surface area contributed by atoms with Gasteiger partial charge in [-0.3, -0.25) is 0 Å². The number of ether oxygens (including phenoxy) is 2. The van der Waals surface area contributed by atoms with Crippen molar-refractivity contribution in [2.75, 3.05) is 0 Å². The highest BCUT2D eigenvalue weighted by Gasteiger charge is 2.45. The number of fused-ring (bicyclic) bond motifs is 4. The second-order valence-electron chi connectivity index (χ2n) is 9.27. The fraction of sp³-hybridized carbons (Fsp3) is 0.222. The fourth-order valence-electron chi connectivity index (χ4n) is 4.88. The molecule has 3 aromatic carbocycles. The van der Waals surface area contributed by atoms with Gasteiger partial charge in [-0.05, 0) is 61.7 Å². The Balaban J connectivity index is 1.34. The zero-order chi connectivity index (χ0) is 26.2. The Morgan fingerprint density at radius 2 is 1.73 bits per heavy atom. The van der Waals surface area contributed by atoms with Gasteiger partial charge in [0.2, 0.25) is 11.8 Å². The fourth-order valence-corrected chi connectivity index (χ4v) is 4.88. The Morgan fingerprint density at radius 1 is 0.973 bits per heavy atom.